The number of carbonyl (C=O) groups is 4. The molecule has 3 aliphatic heterocycles. The summed E-state index contributed by atoms with van der Waals surface area (Å²) >= 11 is 1.89. The summed E-state index contributed by atoms with van der Waals surface area (Å²) in [5.41, 5.74) is 5.93. The highest BCUT2D eigenvalue weighted by molar-refractivity contribution is 7.99. The van der Waals surface area contributed by atoms with E-state index in [-0.39, 0.29) is 35.7 Å². The molecule has 4 amide bonds. The molecular weight excluding hydrogens is 793 g/mol. The number of amides is 4. The Hall–Kier alpha value is -5.83. The number of hydrogen-bond acceptors (Lipinski definition) is 9. The summed E-state index contributed by atoms with van der Waals surface area (Å²) in [6.07, 6.45) is 7.52. The number of ether oxygens (including phenoxy) is 2. The van der Waals surface area contributed by atoms with Crippen LogP contribution in [0, 0.1) is 11.8 Å². The number of hydrogen-bond donors (Lipinski definition) is 4. The summed E-state index contributed by atoms with van der Waals surface area (Å²) in [5, 5.41) is 7.77. The van der Waals surface area contributed by atoms with Crippen molar-refractivity contribution < 1.29 is 28.7 Å². The fraction of sp³-hybridized carbons (Fsp3) is 0.435. The van der Waals surface area contributed by atoms with Crippen molar-refractivity contribution in [2.75, 3.05) is 38.8 Å². The molecule has 61 heavy (non-hydrogen) atoms. The smallest absolute Gasteiger partial charge is 0.407 e. The molecule has 5 heterocycles. The van der Waals surface area contributed by atoms with Crippen LogP contribution in [0.1, 0.15) is 76.1 Å². The maximum atomic E-state index is 14.0. The molecule has 3 aliphatic rings. The predicted molar refractivity (Wildman–Crippen MR) is 235 cm³/mol. The molecule has 8 rings (SSSR count). The third-order valence-electron chi connectivity index (χ3n) is 12.4. The third-order valence-corrected chi connectivity index (χ3v) is 13.5. The normalized spacial score (nSPS) is 19.2. The van der Waals surface area contributed by atoms with Crippen LogP contribution < -0.4 is 10.6 Å². The largest absolute Gasteiger partial charge is 0.453 e. The molecule has 3 fully saturated rings. The van der Waals surface area contributed by atoms with Crippen LogP contribution in [0.3, 0.4) is 0 Å². The highest BCUT2D eigenvalue weighted by Gasteiger charge is 2.40. The molecule has 3 saturated heterocycles. The van der Waals surface area contributed by atoms with Gasteiger partial charge in [-0.15, -0.1) is 0 Å². The number of nitrogens with one attached hydrogen (secondary N) is 4. The van der Waals surface area contributed by atoms with Crippen LogP contribution in [-0.4, -0.2) is 105 Å². The molecule has 0 unspecified atom stereocenters. The first-order chi connectivity index (χ1) is 29.6. The predicted octanol–water partition coefficient (Wildman–Crippen LogP) is 7.86. The van der Waals surface area contributed by atoms with Crippen LogP contribution >= 0.6 is 11.8 Å². The Morgan fingerprint density at radius 3 is 1.77 bits per heavy atom. The van der Waals surface area contributed by atoms with Crippen LogP contribution in [0.2, 0.25) is 0 Å². The zero-order valence-electron chi connectivity index (χ0n) is 35.1. The molecular formula is C46H54N8O6S. The molecule has 5 aromatic rings. The van der Waals surface area contributed by atoms with Crippen molar-refractivity contribution in [3.05, 3.63) is 84.7 Å². The van der Waals surface area contributed by atoms with E-state index in [1.165, 1.54) is 14.2 Å². The van der Waals surface area contributed by atoms with Crippen LogP contribution in [0.25, 0.3) is 44.4 Å². The summed E-state index contributed by atoms with van der Waals surface area (Å²) in [5.74, 6) is 3.21. The zero-order valence-corrected chi connectivity index (χ0v) is 35.9. The van der Waals surface area contributed by atoms with Gasteiger partial charge < -0.3 is 39.9 Å². The zero-order chi connectivity index (χ0) is 42.6. The first-order valence-corrected chi connectivity index (χ1v) is 22.4. The van der Waals surface area contributed by atoms with Crippen molar-refractivity contribution >= 4 is 46.5 Å². The fourth-order valence-electron chi connectivity index (χ4n) is 9.04. The van der Waals surface area contributed by atoms with Crippen LogP contribution in [-0.2, 0) is 19.1 Å². The number of fused-ring (bicyclic) bond motifs is 1. The molecule has 0 aliphatic carbocycles. The molecule has 15 heteroatoms. The Morgan fingerprint density at radius 2 is 1.18 bits per heavy atom. The van der Waals surface area contributed by atoms with Gasteiger partial charge in [-0.25, -0.2) is 19.6 Å². The van der Waals surface area contributed by atoms with E-state index in [4.69, 9.17) is 19.4 Å². The van der Waals surface area contributed by atoms with Gasteiger partial charge in [-0.3, -0.25) is 9.59 Å². The van der Waals surface area contributed by atoms with E-state index in [1.54, 1.807) is 0 Å². The van der Waals surface area contributed by atoms with Crippen molar-refractivity contribution in [3.63, 3.8) is 0 Å². The first-order valence-electron chi connectivity index (χ1n) is 21.2. The molecule has 0 bridgehead atoms. The molecule has 0 radical (unpaired) electrons. The number of H-pyrrole nitrogens is 2. The van der Waals surface area contributed by atoms with E-state index in [9.17, 15) is 19.2 Å². The highest BCUT2D eigenvalue weighted by atomic mass is 32.2. The molecule has 3 aromatic carbocycles. The van der Waals surface area contributed by atoms with E-state index in [2.05, 4.69) is 81.3 Å². The standard InChI is InChI=1S/C46H54N8O6S/c1-27(2)39(51-45(57)59-3)43(55)53-19-5-7-37(53)42-48-26-36(50-42)34-16-15-32-23-31(13-14-33(32)24-34)28-9-11-29(12-10-28)35-25-47-41(49-35)38-8-6-20-54(38)44(56)40(52-46(58)60-4)30-17-21-61-22-18-30/h9-16,23-27,30,37-40H,5-8,17-22H2,1-4H3,(H,47,49)(H,48,50)(H,51,57)(H,52,58)/t37-,38-,39-,40-/m0/s1. The Kier molecular flexibility index (Phi) is 12.7. The molecule has 0 saturated carbocycles. The van der Waals surface area contributed by atoms with Crippen LogP contribution in [0.15, 0.2) is 73.1 Å². The van der Waals surface area contributed by atoms with E-state index in [1.807, 2.05) is 47.8 Å². The van der Waals surface area contributed by atoms with Crippen molar-refractivity contribution in [1.29, 1.82) is 0 Å². The molecule has 2 aromatic heterocycles. The molecule has 320 valence electrons. The summed E-state index contributed by atoms with van der Waals surface area (Å²) in [4.78, 5) is 72.1. The summed E-state index contributed by atoms with van der Waals surface area (Å²) in [6, 6.07) is 19.5. The van der Waals surface area contributed by atoms with Crippen molar-refractivity contribution in [2.45, 2.75) is 76.5 Å². The van der Waals surface area contributed by atoms with E-state index in [0.717, 1.165) is 106 Å². The van der Waals surface area contributed by atoms with Gasteiger partial charge in [0.1, 0.15) is 23.7 Å². The van der Waals surface area contributed by atoms with Gasteiger partial charge in [0.25, 0.3) is 0 Å². The van der Waals surface area contributed by atoms with E-state index < -0.39 is 24.3 Å². The van der Waals surface area contributed by atoms with Gasteiger partial charge in [0.05, 0.1) is 50.1 Å². The molecule has 0 spiro atoms. The van der Waals surface area contributed by atoms with Gasteiger partial charge >= 0.3 is 12.2 Å². The topological polar surface area (TPSA) is 175 Å². The molecule has 14 nitrogen and oxygen atoms in total. The van der Waals surface area contributed by atoms with Crippen molar-refractivity contribution in [1.82, 2.24) is 40.4 Å². The summed E-state index contributed by atoms with van der Waals surface area (Å²) < 4.78 is 9.67. The number of aromatic nitrogens is 4. The Bertz CT molecular complexity index is 2370. The van der Waals surface area contributed by atoms with Crippen molar-refractivity contribution in [3.8, 4) is 33.6 Å². The Balaban J connectivity index is 0.935. The number of aromatic amines is 2. The van der Waals surface area contributed by atoms with Crippen LogP contribution in [0.5, 0.6) is 0 Å². The number of methoxy groups -OCH3 is 2. The number of carbonyl (C=O) groups excluding carboxylic acids is 4. The maximum absolute atomic E-state index is 14.0. The lowest BCUT2D eigenvalue weighted by molar-refractivity contribution is -0.136. The highest BCUT2D eigenvalue weighted by Crippen LogP contribution is 2.37. The quantitative estimate of drug-likeness (QED) is 0.103. The lowest BCUT2D eigenvalue weighted by Gasteiger charge is -2.34. The number of rotatable bonds is 11. The minimum Gasteiger partial charge on any atom is -0.453 e. The van der Waals surface area contributed by atoms with Crippen molar-refractivity contribution in [2.24, 2.45) is 11.8 Å². The minimum absolute atomic E-state index is 0.0667. The van der Waals surface area contributed by atoms with Gasteiger partial charge in [-0.05, 0) is 101 Å². The second-order valence-corrected chi connectivity index (χ2v) is 17.7. The van der Waals surface area contributed by atoms with Gasteiger partial charge in [-0.1, -0.05) is 62.4 Å². The number of benzene rings is 3. The van der Waals surface area contributed by atoms with Gasteiger partial charge in [0, 0.05) is 18.7 Å². The van der Waals surface area contributed by atoms with Gasteiger partial charge in [0.15, 0.2) is 0 Å². The number of nitrogens with zero attached hydrogens (tertiary/aromatic N) is 4. The average Bonchev–Trinajstić information content (AvgIpc) is 4.14. The van der Waals surface area contributed by atoms with Crippen LogP contribution in [0.4, 0.5) is 9.59 Å². The van der Waals surface area contributed by atoms with E-state index >= 15 is 0 Å². The second kappa shape index (κ2) is 18.4. The molecule has 4 N–H and O–H groups in total. The second-order valence-electron chi connectivity index (χ2n) is 16.5. The fourth-order valence-corrected chi connectivity index (χ4v) is 10.2. The Labute approximate surface area is 359 Å². The Morgan fingerprint density at radius 1 is 0.672 bits per heavy atom. The average molecular weight is 847 g/mol. The number of likely N-dealkylation sites (tertiary alicyclic amines) is 2. The maximum Gasteiger partial charge on any atom is 0.407 e. The number of thioether (sulfide) groups is 1. The lowest BCUT2D eigenvalue weighted by Crippen LogP contribution is -2.52. The van der Waals surface area contributed by atoms with Gasteiger partial charge in [-0.2, -0.15) is 11.8 Å². The number of alkyl carbamates (subject to hydrolysis) is 2. The first kappa shape index (κ1) is 41.9. The summed E-state index contributed by atoms with van der Waals surface area (Å²) in [6.45, 7) is 5.03. The minimum atomic E-state index is -0.688. The SMILES string of the molecule is COC(=O)N[C@H](C(=O)N1CCC[C@H]1c1ncc(-c2ccc3cc(-c4ccc(-c5cnc([C@@H]6CCCN6C(=O)[C@@H](NC(=O)OC)C6CCSCC6)[nH]5)cc4)ccc3c2)[nH]1)C(C)C. The third kappa shape index (κ3) is 8.97. The lowest BCUT2D eigenvalue weighted by atomic mass is 9.92. The number of imidazole rings is 2. The van der Waals surface area contributed by atoms with Gasteiger partial charge in [0.2, 0.25) is 11.8 Å². The monoisotopic (exact) mass is 846 g/mol. The molecule has 4 atom stereocenters. The van der Waals surface area contributed by atoms with E-state index in [0.29, 0.717) is 13.1 Å². The summed E-state index contributed by atoms with van der Waals surface area (Å²) in [7, 11) is 2.62.